The highest BCUT2D eigenvalue weighted by atomic mass is 35.5. The molecular formula is C22H15ClN2O5. The molecule has 0 unspecified atom stereocenters. The normalized spacial score (nSPS) is 15.0. The van der Waals surface area contributed by atoms with Crippen LogP contribution in [0.4, 0.5) is 5.69 Å². The minimum atomic E-state index is -1.30. The van der Waals surface area contributed by atoms with Crippen LogP contribution in [0.2, 0.25) is 5.02 Å². The molecule has 0 radical (unpaired) electrons. The predicted octanol–water partition coefficient (Wildman–Crippen LogP) is 4.81. The Bertz CT molecular complexity index is 1220. The van der Waals surface area contributed by atoms with Crippen molar-refractivity contribution in [1.29, 1.82) is 0 Å². The van der Waals surface area contributed by atoms with E-state index in [1.807, 2.05) is 12.1 Å². The molecule has 30 heavy (non-hydrogen) atoms. The molecule has 2 N–H and O–H groups in total. The third-order valence-electron chi connectivity index (χ3n) is 4.56. The Hall–Kier alpha value is -3.84. The Kier molecular flexibility index (Phi) is 4.89. The largest absolute Gasteiger partial charge is 0.507 e. The molecule has 0 saturated heterocycles. The molecule has 1 amide bonds. The van der Waals surface area contributed by atoms with E-state index in [0.29, 0.717) is 27.8 Å². The average molecular weight is 423 g/mol. The SMILES string of the molecule is CC1=NN(c2ccc(O)c(C(=O)O)c2)C(=O)/C1=C\c1ccc(-c2ccc(Cl)cc2)o1. The number of phenols is 1. The van der Waals surface area contributed by atoms with Crippen molar-refractivity contribution in [2.75, 3.05) is 5.01 Å². The number of hydrogen-bond donors (Lipinski definition) is 2. The van der Waals surface area contributed by atoms with Gasteiger partial charge in [-0.15, -0.1) is 0 Å². The monoisotopic (exact) mass is 422 g/mol. The molecule has 0 bridgehead atoms. The first-order valence-corrected chi connectivity index (χ1v) is 9.25. The first-order chi connectivity index (χ1) is 14.3. The minimum Gasteiger partial charge on any atom is -0.507 e. The molecular weight excluding hydrogens is 408 g/mol. The fourth-order valence-corrected chi connectivity index (χ4v) is 3.15. The lowest BCUT2D eigenvalue weighted by Gasteiger charge is -2.12. The van der Waals surface area contributed by atoms with Crippen molar-refractivity contribution < 1.29 is 24.2 Å². The highest BCUT2D eigenvalue weighted by Gasteiger charge is 2.30. The van der Waals surface area contributed by atoms with Gasteiger partial charge in [0.15, 0.2) is 0 Å². The third kappa shape index (κ3) is 3.58. The molecule has 0 aliphatic carbocycles. The molecule has 0 saturated carbocycles. The number of carboxylic acid groups (broad SMARTS) is 1. The number of aromatic hydroxyl groups is 1. The van der Waals surface area contributed by atoms with Crippen LogP contribution in [0.1, 0.15) is 23.0 Å². The number of furan rings is 1. The molecule has 4 rings (SSSR count). The second-order valence-corrected chi connectivity index (χ2v) is 7.01. The molecule has 150 valence electrons. The van der Waals surface area contributed by atoms with E-state index in [1.54, 1.807) is 37.3 Å². The molecule has 0 fully saturated rings. The molecule has 0 spiro atoms. The van der Waals surface area contributed by atoms with E-state index >= 15 is 0 Å². The van der Waals surface area contributed by atoms with Gasteiger partial charge in [0, 0.05) is 10.6 Å². The third-order valence-corrected chi connectivity index (χ3v) is 4.81. The van der Waals surface area contributed by atoms with Crippen molar-refractivity contribution in [3.05, 3.63) is 76.5 Å². The highest BCUT2D eigenvalue weighted by Crippen LogP contribution is 2.30. The number of rotatable bonds is 4. The van der Waals surface area contributed by atoms with E-state index in [2.05, 4.69) is 5.10 Å². The molecule has 2 aromatic carbocycles. The van der Waals surface area contributed by atoms with Crippen LogP contribution in [-0.2, 0) is 4.79 Å². The number of carbonyl (C=O) groups is 2. The van der Waals surface area contributed by atoms with E-state index in [0.717, 1.165) is 10.6 Å². The summed E-state index contributed by atoms with van der Waals surface area (Å²) in [5.74, 6) is -1.03. The molecule has 3 aromatic rings. The van der Waals surface area contributed by atoms with Gasteiger partial charge in [-0.3, -0.25) is 4.79 Å². The van der Waals surface area contributed by atoms with Crippen LogP contribution in [0, 0.1) is 0 Å². The second kappa shape index (κ2) is 7.53. The van der Waals surface area contributed by atoms with Crippen LogP contribution < -0.4 is 5.01 Å². The molecule has 1 aliphatic heterocycles. The first kappa shape index (κ1) is 19.5. The van der Waals surface area contributed by atoms with Gasteiger partial charge in [-0.25, -0.2) is 4.79 Å². The predicted molar refractivity (Wildman–Crippen MR) is 113 cm³/mol. The number of carbonyl (C=O) groups excluding carboxylic acids is 1. The number of hydrogen-bond acceptors (Lipinski definition) is 5. The lowest BCUT2D eigenvalue weighted by molar-refractivity contribution is -0.114. The van der Waals surface area contributed by atoms with Crippen LogP contribution in [-0.4, -0.2) is 27.8 Å². The number of carboxylic acids is 1. The van der Waals surface area contributed by atoms with Gasteiger partial charge in [0.25, 0.3) is 5.91 Å². The van der Waals surface area contributed by atoms with Gasteiger partial charge in [-0.05, 0) is 67.6 Å². The summed E-state index contributed by atoms with van der Waals surface area (Å²) < 4.78 is 5.82. The van der Waals surface area contributed by atoms with E-state index < -0.39 is 11.9 Å². The number of nitrogens with zero attached hydrogens (tertiary/aromatic N) is 2. The van der Waals surface area contributed by atoms with Crippen LogP contribution >= 0.6 is 11.6 Å². The zero-order valence-electron chi connectivity index (χ0n) is 15.7. The van der Waals surface area contributed by atoms with Gasteiger partial charge in [0.1, 0.15) is 22.8 Å². The van der Waals surface area contributed by atoms with Crippen molar-refractivity contribution in [1.82, 2.24) is 0 Å². The molecule has 0 atom stereocenters. The fourth-order valence-electron chi connectivity index (χ4n) is 3.03. The quantitative estimate of drug-likeness (QED) is 0.587. The van der Waals surface area contributed by atoms with Crippen LogP contribution in [0.15, 0.2) is 69.7 Å². The maximum atomic E-state index is 12.9. The molecule has 7 nitrogen and oxygen atoms in total. The van der Waals surface area contributed by atoms with E-state index in [1.165, 1.54) is 18.2 Å². The molecule has 1 aromatic heterocycles. The summed E-state index contributed by atoms with van der Waals surface area (Å²) in [6, 6.07) is 14.5. The second-order valence-electron chi connectivity index (χ2n) is 6.58. The van der Waals surface area contributed by atoms with Crippen molar-refractivity contribution >= 4 is 41.0 Å². The zero-order valence-corrected chi connectivity index (χ0v) is 16.4. The Morgan fingerprint density at radius 2 is 1.87 bits per heavy atom. The van der Waals surface area contributed by atoms with Crippen LogP contribution in [0.5, 0.6) is 5.75 Å². The van der Waals surface area contributed by atoms with Gasteiger partial charge in [0.2, 0.25) is 0 Å². The Morgan fingerprint density at radius 3 is 2.57 bits per heavy atom. The molecule has 8 heteroatoms. The Balaban J connectivity index is 1.63. The molecule has 1 aliphatic rings. The number of aromatic carboxylic acids is 1. The van der Waals surface area contributed by atoms with Gasteiger partial charge in [0.05, 0.1) is 17.0 Å². The lowest BCUT2D eigenvalue weighted by atomic mass is 10.1. The molecule has 2 heterocycles. The van der Waals surface area contributed by atoms with Crippen LogP contribution in [0.25, 0.3) is 17.4 Å². The van der Waals surface area contributed by atoms with Crippen molar-refractivity contribution in [2.45, 2.75) is 6.92 Å². The lowest BCUT2D eigenvalue weighted by Crippen LogP contribution is -2.21. The number of amides is 1. The van der Waals surface area contributed by atoms with Crippen molar-refractivity contribution in [2.24, 2.45) is 5.10 Å². The van der Waals surface area contributed by atoms with Gasteiger partial charge in [-0.1, -0.05) is 11.6 Å². The minimum absolute atomic E-state index is 0.235. The van der Waals surface area contributed by atoms with E-state index in [-0.39, 0.29) is 17.0 Å². The summed E-state index contributed by atoms with van der Waals surface area (Å²) in [4.78, 5) is 24.1. The maximum Gasteiger partial charge on any atom is 0.339 e. The number of halogens is 1. The highest BCUT2D eigenvalue weighted by molar-refractivity contribution is 6.32. The standard InChI is InChI=1S/C22H15ClN2O5/c1-12-17(11-16-7-9-20(30-16)13-2-4-14(23)5-3-13)21(27)25(24-12)15-6-8-19(26)18(10-15)22(28)29/h2-11,26H,1H3,(H,28,29)/b17-11-. The summed E-state index contributed by atoms with van der Waals surface area (Å²) in [5, 5.41) is 24.8. The number of anilines is 1. The summed E-state index contributed by atoms with van der Waals surface area (Å²) >= 11 is 5.91. The van der Waals surface area contributed by atoms with Gasteiger partial charge in [-0.2, -0.15) is 10.1 Å². The number of benzene rings is 2. The smallest absolute Gasteiger partial charge is 0.339 e. The summed E-state index contributed by atoms with van der Waals surface area (Å²) in [5.41, 5.74) is 1.54. The van der Waals surface area contributed by atoms with E-state index in [4.69, 9.17) is 16.0 Å². The maximum absolute atomic E-state index is 12.9. The topological polar surface area (TPSA) is 103 Å². The summed E-state index contributed by atoms with van der Waals surface area (Å²) in [6.07, 6.45) is 1.58. The Labute approximate surface area is 176 Å². The number of hydrazone groups is 1. The van der Waals surface area contributed by atoms with Crippen molar-refractivity contribution in [3.63, 3.8) is 0 Å². The van der Waals surface area contributed by atoms with Crippen molar-refractivity contribution in [3.8, 4) is 17.1 Å². The first-order valence-electron chi connectivity index (χ1n) is 8.87. The summed E-state index contributed by atoms with van der Waals surface area (Å²) in [6.45, 7) is 1.67. The van der Waals surface area contributed by atoms with Gasteiger partial charge < -0.3 is 14.6 Å². The Morgan fingerprint density at radius 1 is 1.13 bits per heavy atom. The summed E-state index contributed by atoms with van der Waals surface area (Å²) in [7, 11) is 0. The average Bonchev–Trinajstić information content (AvgIpc) is 3.29. The van der Waals surface area contributed by atoms with Gasteiger partial charge >= 0.3 is 5.97 Å². The fraction of sp³-hybridized carbons (Fsp3) is 0.0455. The van der Waals surface area contributed by atoms with E-state index in [9.17, 15) is 19.8 Å². The zero-order chi connectivity index (χ0) is 21.4. The van der Waals surface area contributed by atoms with Crippen LogP contribution in [0.3, 0.4) is 0 Å².